The first kappa shape index (κ1) is 16.9. The highest BCUT2D eigenvalue weighted by Gasteiger charge is 2.29. The van der Waals surface area contributed by atoms with Crippen LogP contribution in [-0.2, 0) is 0 Å². The molecule has 0 bridgehead atoms. The number of aliphatic hydroxyl groups excluding tert-OH is 1. The van der Waals surface area contributed by atoms with Gasteiger partial charge >= 0.3 is 0 Å². The fourth-order valence-electron chi connectivity index (χ4n) is 2.92. The van der Waals surface area contributed by atoms with Crippen LogP contribution in [-0.4, -0.2) is 72.4 Å². The van der Waals surface area contributed by atoms with Gasteiger partial charge in [0.15, 0.2) is 0 Å². The molecule has 0 aromatic carbocycles. The summed E-state index contributed by atoms with van der Waals surface area (Å²) < 4.78 is 0. The summed E-state index contributed by atoms with van der Waals surface area (Å²) in [4.78, 5) is 5.07. The average Bonchev–Trinajstić information content (AvgIpc) is 2.45. The van der Waals surface area contributed by atoms with Crippen LogP contribution in [0.15, 0.2) is 0 Å². The first-order valence-electron chi connectivity index (χ1n) is 7.87. The van der Waals surface area contributed by atoms with Crippen molar-refractivity contribution in [2.75, 3.05) is 45.9 Å². The highest BCUT2D eigenvalue weighted by atomic mass is 16.3. The molecular weight excluding hydrogens is 238 g/mol. The van der Waals surface area contributed by atoms with Gasteiger partial charge in [-0.05, 0) is 39.8 Å². The largest absolute Gasteiger partial charge is 0.394 e. The van der Waals surface area contributed by atoms with Crippen LogP contribution in [0.4, 0.5) is 0 Å². The van der Waals surface area contributed by atoms with Gasteiger partial charge in [-0.25, -0.2) is 0 Å². The van der Waals surface area contributed by atoms with E-state index in [-0.39, 0.29) is 12.1 Å². The Morgan fingerprint density at radius 1 is 1.21 bits per heavy atom. The summed E-state index contributed by atoms with van der Waals surface area (Å²) >= 11 is 0. The molecule has 19 heavy (non-hydrogen) atoms. The Bertz CT molecular complexity index is 242. The Morgan fingerprint density at radius 2 is 1.84 bits per heavy atom. The lowest BCUT2D eigenvalue weighted by molar-refractivity contribution is 0.0736. The number of likely N-dealkylation sites (N-methyl/N-ethyl adjacent to an activating group) is 1. The molecule has 0 aromatic heterocycles. The second-order valence-electron chi connectivity index (χ2n) is 6.17. The van der Waals surface area contributed by atoms with Gasteiger partial charge in [-0.15, -0.1) is 0 Å². The molecule has 0 spiro atoms. The van der Waals surface area contributed by atoms with Gasteiger partial charge in [0, 0.05) is 37.8 Å². The second-order valence-corrected chi connectivity index (χ2v) is 6.17. The van der Waals surface area contributed by atoms with Gasteiger partial charge in [0.2, 0.25) is 0 Å². The molecule has 0 amide bonds. The van der Waals surface area contributed by atoms with Crippen molar-refractivity contribution in [1.82, 2.24) is 15.1 Å². The van der Waals surface area contributed by atoms with Crippen LogP contribution in [0.5, 0.6) is 0 Å². The first-order chi connectivity index (χ1) is 9.04. The number of hydrogen-bond acceptors (Lipinski definition) is 4. The first-order valence-corrected chi connectivity index (χ1v) is 7.87. The van der Waals surface area contributed by atoms with Gasteiger partial charge in [0.05, 0.1) is 6.61 Å². The van der Waals surface area contributed by atoms with Crippen molar-refractivity contribution in [2.24, 2.45) is 0 Å². The third kappa shape index (κ3) is 5.38. The Hall–Kier alpha value is -0.160. The van der Waals surface area contributed by atoms with E-state index in [0.717, 1.165) is 39.0 Å². The zero-order valence-electron chi connectivity index (χ0n) is 13.3. The fraction of sp³-hybridized carbons (Fsp3) is 1.00. The molecule has 1 saturated heterocycles. The van der Waals surface area contributed by atoms with Crippen LogP contribution in [0.2, 0.25) is 0 Å². The van der Waals surface area contributed by atoms with E-state index in [1.807, 2.05) is 0 Å². The molecule has 4 nitrogen and oxygen atoms in total. The molecule has 2 unspecified atom stereocenters. The summed E-state index contributed by atoms with van der Waals surface area (Å²) in [5.74, 6) is 0. The summed E-state index contributed by atoms with van der Waals surface area (Å²) in [6.45, 7) is 15.9. The highest BCUT2D eigenvalue weighted by molar-refractivity contribution is 4.88. The third-order valence-corrected chi connectivity index (χ3v) is 4.37. The monoisotopic (exact) mass is 271 g/mol. The van der Waals surface area contributed by atoms with Crippen molar-refractivity contribution >= 4 is 0 Å². The summed E-state index contributed by atoms with van der Waals surface area (Å²) in [6, 6.07) is 0.528. The molecule has 1 fully saturated rings. The van der Waals surface area contributed by atoms with Crippen LogP contribution in [0.3, 0.4) is 0 Å². The standard InChI is InChI=1S/C15H33N3O/c1-5-7-16-15(4,13-19)12-14(3)18-10-8-17(6-2)9-11-18/h14,16,19H,5-13H2,1-4H3. The predicted octanol–water partition coefficient (Wildman–Crippen LogP) is 1.15. The summed E-state index contributed by atoms with van der Waals surface area (Å²) in [5, 5.41) is 13.1. The molecule has 0 saturated carbocycles. The van der Waals surface area contributed by atoms with Crippen molar-refractivity contribution in [3.05, 3.63) is 0 Å². The Kier molecular flexibility index (Phi) is 7.29. The van der Waals surface area contributed by atoms with E-state index >= 15 is 0 Å². The number of hydrogen-bond donors (Lipinski definition) is 2. The molecule has 1 aliphatic rings. The van der Waals surface area contributed by atoms with E-state index in [1.165, 1.54) is 13.1 Å². The van der Waals surface area contributed by atoms with Gasteiger partial charge in [-0.2, -0.15) is 0 Å². The van der Waals surface area contributed by atoms with Crippen molar-refractivity contribution < 1.29 is 5.11 Å². The molecule has 1 aliphatic heterocycles. The molecule has 0 aromatic rings. The maximum atomic E-state index is 9.65. The predicted molar refractivity (Wildman–Crippen MR) is 81.6 cm³/mol. The SMILES string of the molecule is CCCNC(C)(CO)CC(C)N1CCN(CC)CC1. The minimum atomic E-state index is -0.142. The van der Waals surface area contributed by atoms with E-state index in [4.69, 9.17) is 0 Å². The molecule has 1 heterocycles. The van der Waals surface area contributed by atoms with Crippen molar-refractivity contribution in [3.63, 3.8) is 0 Å². The zero-order chi connectivity index (χ0) is 14.3. The molecule has 114 valence electrons. The second kappa shape index (κ2) is 8.20. The van der Waals surface area contributed by atoms with Crippen LogP contribution in [0, 0.1) is 0 Å². The topological polar surface area (TPSA) is 38.7 Å². The Morgan fingerprint density at radius 3 is 2.32 bits per heavy atom. The van der Waals surface area contributed by atoms with Crippen molar-refractivity contribution in [3.8, 4) is 0 Å². The van der Waals surface area contributed by atoms with Crippen LogP contribution < -0.4 is 5.32 Å². The Balaban J connectivity index is 2.42. The van der Waals surface area contributed by atoms with Gasteiger partial charge in [0.25, 0.3) is 0 Å². The van der Waals surface area contributed by atoms with Gasteiger partial charge in [-0.1, -0.05) is 13.8 Å². The van der Waals surface area contributed by atoms with Crippen molar-refractivity contribution in [1.29, 1.82) is 0 Å². The number of piperazine rings is 1. The van der Waals surface area contributed by atoms with Gasteiger partial charge in [0.1, 0.15) is 0 Å². The molecule has 1 rings (SSSR count). The minimum Gasteiger partial charge on any atom is -0.394 e. The Labute approximate surface area is 119 Å². The van der Waals surface area contributed by atoms with E-state index in [2.05, 4.69) is 42.8 Å². The third-order valence-electron chi connectivity index (χ3n) is 4.37. The summed E-state index contributed by atoms with van der Waals surface area (Å²) in [5.41, 5.74) is -0.142. The molecule has 0 radical (unpaired) electrons. The van der Waals surface area contributed by atoms with E-state index in [1.54, 1.807) is 0 Å². The van der Waals surface area contributed by atoms with E-state index < -0.39 is 0 Å². The van der Waals surface area contributed by atoms with E-state index in [9.17, 15) is 5.11 Å². The molecule has 2 N–H and O–H groups in total. The lowest BCUT2D eigenvalue weighted by Gasteiger charge is -2.41. The lowest BCUT2D eigenvalue weighted by Crippen LogP contribution is -2.54. The maximum absolute atomic E-state index is 9.65. The average molecular weight is 271 g/mol. The van der Waals surface area contributed by atoms with E-state index in [0.29, 0.717) is 6.04 Å². The highest BCUT2D eigenvalue weighted by Crippen LogP contribution is 2.17. The quantitative estimate of drug-likeness (QED) is 0.695. The van der Waals surface area contributed by atoms with Crippen LogP contribution in [0.25, 0.3) is 0 Å². The van der Waals surface area contributed by atoms with Gasteiger partial charge < -0.3 is 15.3 Å². The summed E-state index contributed by atoms with van der Waals surface area (Å²) in [7, 11) is 0. The van der Waals surface area contributed by atoms with Crippen LogP contribution >= 0.6 is 0 Å². The fourth-order valence-corrected chi connectivity index (χ4v) is 2.92. The lowest BCUT2D eigenvalue weighted by atomic mass is 9.93. The molecule has 2 atom stereocenters. The molecule has 0 aliphatic carbocycles. The molecule has 4 heteroatoms. The minimum absolute atomic E-state index is 0.142. The number of aliphatic hydroxyl groups is 1. The molecular formula is C15H33N3O. The normalized spacial score (nSPS) is 23.2. The van der Waals surface area contributed by atoms with Crippen molar-refractivity contribution in [2.45, 2.75) is 52.1 Å². The maximum Gasteiger partial charge on any atom is 0.0611 e. The van der Waals surface area contributed by atoms with Gasteiger partial charge in [-0.3, -0.25) is 4.90 Å². The zero-order valence-corrected chi connectivity index (χ0v) is 13.3. The van der Waals surface area contributed by atoms with Crippen LogP contribution in [0.1, 0.15) is 40.5 Å². The number of nitrogens with one attached hydrogen (secondary N) is 1. The smallest absolute Gasteiger partial charge is 0.0611 e. The number of nitrogens with zero attached hydrogens (tertiary/aromatic N) is 2. The summed E-state index contributed by atoms with van der Waals surface area (Å²) in [6.07, 6.45) is 2.12. The number of rotatable bonds is 8.